The summed E-state index contributed by atoms with van der Waals surface area (Å²) in [5, 5.41) is 11.2. The van der Waals surface area contributed by atoms with Gasteiger partial charge in [-0.15, -0.1) is 0 Å². The van der Waals surface area contributed by atoms with Crippen LogP contribution < -0.4 is 0 Å². The summed E-state index contributed by atoms with van der Waals surface area (Å²) in [5.41, 5.74) is -0.339. The number of fused-ring (bicyclic) bond motifs is 3. The lowest BCUT2D eigenvalue weighted by molar-refractivity contribution is -0.384. The number of benzene rings is 2. The molecule has 1 spiro atoms. The molecular weight excluding hydrogens is 476 g/mol. The summed E-state index contributed by atoms with van der Waals surface area (Å²) in [6.07, 6.45) is 0.744. The van der Waals surface area contributed by atoms with E-state index >= 15 is 0 Å². The predicted octanol–water partition coefficient (Wildman–Crippen LogP) is 4.56. The lowest BCUT2D eigenvalue weighted by atomic mass is 9.75. The number of hydrogen-bond donors (Lipinski definition) is 0. The van der Waals surface area contributed by atoms with E-state index in [1.54, 1.807) is 26.0 Å². The highest BCUT2D eigenvalue weighted by Gasteiger charge is 2.73. The Morgan fingerprint density at radius 3 is 2.30 bits per heavy atom. The molecule has 2 aliphatic heterocycles. The Kier molecular flexibility index (Phi) is 6.14. The van der Waals surface area contributed by atoms with Crippen LogP contribution in [0.2, 0.25) is 0 Å². The standard InChI is InChI=1S/C28H30N2O7/c1-4-36-25(32)27(26(33)37-5-2)15-19-14-23-21-8-6-7-9-22(21)24(31)28(19,16-27)29(23)17(3)18-10-12-20(13-11-18)30(34)35/h6-13,17,19,23H,4-5,14-16H2,1-3H3/t17?,19-,23-,28+/m0/s1. The fourth-order valence-corrected chi connectivity index (χ4v) is 6.98. The highest BCUT2D eigenvalue weighted by Crippen LogP contribution is 2.66. The maximum absolute atomic E-state index is 14.4. The van der Waals surface area contributed by atoms with Crippen LogP contribution in [0.25, 0.3) is 0 Å². The number of Topliss-reactive ketones (excluding diaryl/α,β-unsaturated/α-hetero) is 1. The molecule has 0 aromatic heterocycles. The molecule has 2 aromatic rings. The van der Waals surface area contributed by atoms with E-state index < -0.39 is 27.8 Å². The fraction of sp³-hybridized carbons (Fsp3) is 0.464. The zero-order valence-electron chi connectivity index (χ0n) is 21.1. The summed E-state index contributed by atoms with van der Waals surface area (Å²) in [6, 6.07) is 13.4. The molecule has 5 rings (SSSR count). The summed E-state index contributed by atoms with van der Waals surface area (Å²) >= 11 is 0. The van der Waals surface area contributed by atoms with Crippen molar-refractivity contribution in [2.24, 2.45) is 11.3 Å². The SMILES string of the molecule is CCOC(=O)C1(C(=O)OCC)C[C@@H]2C[C@H]3c4ccccc4C(=O)[C@]2(C1)N3C(C)c1ccc([N+](=O)[O-])cc1. The first kappa shape index (κ1) is 25.1. The van der Waals surface area contributed by atoms with Gasteiger partial charge in [-0.1, -0.05) is 36.4 Å². The fourth-order valence-electron chi connectivity index (χ4n) is 6.98. The normalized spacial score (nSPS) is 26.2. The highest BCUT2D eigenvalue weighted by molar-refractivity contribution is 6.10. The number of esters is 2. The van der Waals surface area contributed by atoms with Crippen LogP contribution >= 0.6 is 0 Å². The average Bonchev–Trinajstić information content (AvgIpc) is 3.37. The summed E-state index contributed by atoms with van der Waals surface area (Å²) in [6.45, 7) is 5.56. The van der Waals surface area contributed by atoms with E-state index in [9.17, 15) is 24.5 Å². The number of rotatable bonds is 7. The average molecular weight is 507 g/mol. The van der Waals surface area contributed by atoms with Gasteiger partial charge in [0.2, 0.25) is 0 Å². The van der Waals surface area contributed by atoms with Crippen molar-refractivity contribution in [2.45, 2.75) is 57.7 Å². The van der Waals surface area contributed by atoms with Gasteiger partial charge in [0.25, 0.3) is 5.69 Å². The minimum absolute atomic E-state index is 0.0143. The van der Waals surface area contributed by atoms with E-state index in [4.69, 9.17) is 9.47 Å². The molecular formula is C28H30N2O7. The number of hydrogen-bond acceptors (Lipinski definition) is 8. The molecule has 1 saturated heterocycles. The van der Waals surface area contributed by atoms with Crippen molar-refractivity contribution in [1.29, 1.82) is 0 Å². The van der Waals surface area contributed by atoms with Crippen LogP contribution in [0, 0.1) is 21.4 Å². The van der Waals surface area contributed by atoms with Crippen molar-refractivity contribution in [1.82, 2.24) is 4.90 Å². The largest absolute Gasteiger partial charge is 0.465 e. The van der Waals surface area contributed by atoms with Crippen LogP contribution in [-0.4, -0.2) is 46.3 Å². The second kappa shape index (κ2) is 9.06. The Balaban J connectivity index is 1.65. The van der Waals surface area contributed by atoms with Crippen LogP contribution in [0.4, 0.5) is 5.69 Å². The second-order valence-electron chi connectivity index (χ2n) is 10.1. The molecule has 0 amide bonds. The minimum Gasteiger partial charge on any atom is -0.465 e. The molecule has 9 heteroatoms. The summed E-state index contributed by atoms with van der Waals surface area (Å²) in [4.78, 5) is 54.0. The first-order valence-corrected chi connectivity index (χ1v) is 12.7. The van der Waals surface area contributed by atoms with Gasteiger partial charge in [-0.25, -0.2) is 0 Å². The maximum Gasteiger partial charge on any atom is 0.323 e. The first-order valence-electron chi connectivity index (χ1n) is 12.7. The molecule has 9 nitrogen and oxygen atoms in total. The van der Waals surface area contributed by atoms with E-state index in [2.05, 4.69) is 4.90 Å². The molecule has 4 atom stereocenters. The van der Waals surface area contributed by atoms with E-state index in [1.165, 1.54) is 12.1 Å². The van der Waals surface area contributed by atoms with Gasteiger partial charge in [-0.3, -0.25) is 29.4 Å². The first-order chi connectivity index (χ1) is 17.7. The smallest absolute Gasteiger partial charge is 0.323 e. The molecule has 2 heterocycles. The summed E-state index contributed by atoms with van der Waals surface area (Å²) in [5.74, 6) is -1.68. The minimum atomic E-state index is -1.57. The number of nitrogens with zero attached hydrogens (tertiary/aromatic N) is 2. The molecule has 37 heavy (non-hydrogen) atoms. The Labute approximate surface area is 214 Å². The van der Waals surface area contributed by atoms with Gasteiger partial charge in [0.15, 0.2) is 11.2 Å². The Morgan fingerprint density at radius 2 is 1.70 bits per heavy atom. The van der Waals surface area contributed by atoms with Crippen molar-refractivity contribution in [3.8, 4) is 0 Å². The highest BCUT2D eigenvalue weighted by atomic mass is 16.6. The number of non-ortho nitro benzene ring substituents is 1. The molecule has 0 N–H and O–H groups in total. The third kappa shape index (κ3) is 3.51. The molecule has 3 aliphatic rings. The van der Waals surface area contributed by atoms with Crippen LogP contribution in [0.15, 0.2) is 48.5 Å². The predicted molar refractivity (Wildman–Crippen MR) is 133 cm³/mol. The zero-order valence-corrected chi connectivity index (χ0v) is 21.1. The molecule has 194 valence electrons. The van der Waals surface area contributed by atoms with Gasteiger partial charge >= 0.3 is 11.9 Å². The van der Waals surface area contributed by atoms with Crippen LogP contribution in [0.3, 0.4) is 0 Å². The third-order valence-electron chi connectivity index (χ3n) is 8.44. The molecule has 0 radical (unpaired) electrons. The molecule has 1 saturated carbocycles. The van der Waals surface area contributed by atoms with Gasteiger partial charge < -0.3 is 9.47 Å². The van der Waals surface area contributed by atoms with Gasteiger partial charge in [-0.05, 0) is 50.7 Å². The van der Waals surface area contributed by atoms with E-state index in [0.29, 0.717) is 12.0 Å². The Morgan fingerprint density at radius 1 is 1.08 bits per heavy atom. The Hall–Kier alpha value is -3.59. The van der Waals surface area contributed by atoms with Gasteiger partial charge in [0.05, 0.1) is 23.7 Å². The van der Waals surface area contributed by atoms with Crippen LogP contribution in [0.1, 0.15) is 73.6 Å². The van der Waals surface area contributed by atoms with E-state index in [0.717, 1.165) is 11.1 Å². The van der Waals surface area contributed by atoms with Gasteiger partial charge in [0, 0.05) is 36.2 Å². The molecule has 2 aromatic carbocycles. The lowest BCUT2D eigenvalue weighted by Gasteiger charge is -2.48. The number of nitro benzene ring substituents is 1. The van der Waals surface area contributed by atoms with Crippen molar-refractivity contribution >= 4 is 23.4 Å². The number of carbonyl (C=O) groups is 3. The van der Waals surface area contributed by atoms with Crippen molar-refractivity contribution in [3.63, 3.8) is 0 Å². The van der Waals surface area contributed by atoms with E-state index in [-0.39, 0.29) is 55.5 Å². The molecule has 1 unspecified atom stereocenters. The third-order valence-corrected chi connectivity index (χ3v) is 8.44. The number of ether oxygens (including phenoxy) is 2. The van der Waals surface area contributed by atoms with Crippen molar-refractivity contribution in [3.05, 3.63) is 75.3 Å². The monoisotopic (exact) mass is 506 g/mol. The quantitative estimate of drug-likeness (QED) is 0.232. The van der Waals surface area contributed by atoms with Crippen molar-refractivity contribution < 1.29 is 28.8 Å². The molecule has 2 bridgehead atoms. The zero-order chi connectivity index (χ0) is 26.5. The summed E-state index contributed by atoms with van der Waals surface area (Å²) < 4.78 is 10.8. The molecule has 1 aliphatic carbocycles. The van der Waals surface area contributed by atoms with Crippen LogP contribution in [-0.2, 0) is 19.1 Å². The molecule has 2 fully saturated rings. The Bertz CT molecular complexity index is 1260. The number of ketones is 1. The lowest BCUT2D eigenvalue weighted by Crippen LogP contribution is -2.57. The van der Waals surface area contributed by atoms with Crippen LogP contribution in [0.5, 0.6) is 0 Å². The van der Waals surface area contributed by atoms with Gasteiger partial charge in [0.1, 0.15) is 0 Å². The number of nitro groups is 1. The maximum atomic E-state index is 14.4. The van der Waals surface area contributed by atoms with Gasteiger partial charge in [-0.2, -0.15) is 0 Å². The van der Waals surface area contributed by atoms with E-state index in [1.807, 2.05) is 31.2 Å². The topological polar surface area (TPSA) is 116 Å². The second-order valence-corrected chi connectivity index (χ2v) is 10.1. The van der Waals surface area contributed by atoms with Crippen molar-refractivity contribution in [2.75, 3.05) is 13.2 Å². The number of carbonyl (C=O) groups excluding carboxylic acids is 3. The summed E-state index contributed by atoms with van der Waals surface area (Å²) in [7, 11) is 0.